The summed E-state index contributed by atoms with van der Waals surface area (Å²) in [6.07, 6.45) is 6.56. The lowest BCUT2D eigenvalue weighted by Crippen LogP contribution is -2.46. The molecule has 4 nitrogen and oxygen atoms in total. The molecule has 1 saturated carbocycles. The first-order valence-corrected chi connectivity index (χ1v) is 8.10. The van der Waals surface area contributed by atoms with Crippen LogP contribution in [0.5, 0.6) is 0 Å². The van der Waals surface area contributed by atoms with Gasteiger partial charge >= 0.3 is 5.97 Å². The number of ether oxygens (including phenoxy) is 2. The monoisotopic (exact) mass is 318 g/mol. The maximum absolute atomic E-state index is 12.3. The van der Waals surface area contributed by atoms with Crippen LogP contribution in [0, 0.1) is 17.3 Å². The van der Waals surface area contributed by atoms with Gasteiger partial charge in [0.1, 0.15) is 6.10 Å². The van der Waals surface area contributed by atoms with E-state index < -0.39 is 0 Å². The Morgan fingerprint density at radius 2 is 2.17 bits per heavy atom. The molecule has 4 atom stereocenters. The third kappa shape index (κ3) is 3.41. The van der Waals surface area contributed by atoms with E-state index in [0.29, 0.717) is 0 Å². The number of esters is 1. The van der Waals surface area contributed by atoms with Crippen LogP contribution >= 0.6 is 0 Å². The van der Waals surface area contributed by atoms with Gasteiger partial charge in [-0.3, -0.25) is 4.79 Å². The van der Waals surface area contributed by atoms with E-state index in [1.807, 2.05) is 13.0 Å². The molecule has 0 spiro atoms. The zero-order chi connectivity index (χ0) is 17.2. The van der Waals surface area contributed by atoms with Crippen molar-refractivity contribution < 1.29 is 19.1 Å². The van der Waals surface area contributed by atoms with Crippen LogP contribution in [-0.2, 0) is 19.1 Å². The lowest BCUT2D eigenvalue weighted by atomic mass is 9.57. The number of carbonyl (C=O) groups excluding carboxylic acids is 2. The van der Waals surface area contributed by atoms with Crippen LogP contribution in [0.4, 0.5) is 0 Å². The third-order valence-corrected chi connectivity index (χ3v) is 5.49. The van der Waals surface area contributed by atoms with Crippen molar-refractivity contribution in [2.75, 3.05) is 7.11 Å². The highest BCUT2D eigenvalue weighted by Crippen LogP contribution is 2.52. The molecule has 0 radical (unpaired) electrons. The second kappa shape index (κ2) is 6.73. The average molecular weight is 318 g/mol. The molecule has 0 aromatic rings. The Kier molecular flexibility index (Phi) is 5.12. The number of allylic oxidation sites excluding steroid dienone is 3. The molecule has 0 aromatic heterocycles. The molecule has 0 unspecified atom stereocenters. The summed E-state index contributed by atoms with van der Waals surface area (Å²) >= 11 is 0. The fourth-order valence-electron chi connectivity index (χ4n) is 3.78. The predicted octanol–water partition coefficient (Wildman–Crippen LogP) is 3.59. The molecular weight excluding hydrogens is 292 g/mol. The Balaban J connectivity index is 2.20. The molecule has 2 aliphatic carbocycles. The molecule has 126 valence electrons. The van der Waals surface area contributed by atoms with Gasteiger partial charge in [-0.05, 0) is 37.7 Å². The standard InChI is InChI=1S/C19H26O4/c1-12(2)15-11-19(4)13(3)17(23-18(21)8-9-22-5)7-6-14(19)10-16(15)20/h8-10,13,15,17H,1,6-7,11H2,2-5H3/b9-8-/t13-,15-,17+,19+/m0/s1. The predicted molar refractivity (Wildman–Crippen MR) is 88.5 cm³/mol. The summed E-state index contributed by atoms with van der Waals surface area (Å²) in [5, 5.41) is 0. The van der Waals surface area contributed by atoms with Crippen LogP contribution in [0.25, 0.3) is 0 Å². The van der Waals surface area contributed by atoms with Crippen molar-refractivity contribution in [1.82, 2.24) is 0 Å². The van der Waals surface area contributed by atoms with Crippen molar-refractivity contribution in [2.45, 2.75) is 46.1 Å². The first-order chi connectivity index (χ1) is 10.8. The van der Waals surface area contributed by atoms with E-state index in [0.717, 1.165) is 24.8 Å². The summed E-state index contributed by atoms with van der Waals surface area (Å²) in [5.41, 5.74) is 1.96. The zero-order valence-corrected chi connectivity index (χ0v) is 14.4. The summed E-state index contributed by atoms with van der Waals surface area (Å²) < 4.78 is 10.4. The minimum Gasteiger partial charge on any atom is -0.504 e. The van der Waals surface area contributed by atoms with Gasteiger partial charge in [0.05, 0.1) is 19.4 Å². The van der Waals surface area contributed by atoms with Gasteiger partial charge < -0.3 is 9.47 Å². The van der Waals surface area contributed by atoms with Crippen molar-refractivity contribution in [3.8, 4) is 0 Å². The highest BCUT2D eigenvalue weighted by atomic mass is 16.5. The van der Waals surface area contributed by atoms with E-state index in [4.69, 9.17) is 9.47 Å². The van der Waals surface area contributed by atoms with E-state index >= 15 is 0 Å². The number of rotatable bonds is 4. The smallest absolute Gasteiger partial charge is 0.334 e. The Hall–Kier alpha value is -1.84. The number of fused-ring (bicyclic) bond motifs is 1. The molecular formula is C19H26O4. The molecule has 0 aromatic carbocycles. The second-order valence-electron chi connectivity index (χ2n) is 6.93. The fraction of sp³-hybridized carbons (Fsp3) is 0.579. The van der Waals surface area contributed by atoms with Gasteiger partial charge in [-0.15, -0.1) is 0 Å². The van der Waals surface area contributed by atoms with Crippen molar-refractivity contribution in [3.05, 3.63) is 36.1 Å². The highest BCUT2D eigenvalue weighted by Gasteiger charge is 2.48. The van der Waals surface area contributed by atoms with Crippen molar-refractivity contribution in [2.24, 2.45) is 17.3 Å². The van der Waals surface area contributed by atoms with Crippen LogP contribution in [0.15, 0.2) is 36.1 Å². The van der Waals surface area contributed by atoms with Crippen LogP contribution in [-0.4, -0.2) is 25.0 Å². The van der Waals surface area contributed by atoms with E-state index in [9.17, 15) is 9.59 Å². The minimum absolute atomic E-state index is 0.131. The Bertz CT molecular complexity index is 572. The molecule has 23 heavy (non-hydrogen) atoms. The number of carbonyl (C=O) groups is 2. The topological polar surface area (TPSA) is 52.6 Å². The molecule has 1 fully saturated rings. The second-order valence-corrected chi connectivity index (χ2v) is 6.93. The van der Waals surface area contributed by atoms with Gasteiger partial charge in [-0.25, -0.2) is 4.79 Å². The van der Waals surface area contributed by atoms with Gasteiger partial charge in [0.25, 0.3) is 0 Å². The largest absolute Gasteiger partial charge is 0.504 e. The van der Waals surface area contributed by atoms with Crippen LogP contribution in [0.3, 0.4) is 0 Å². The maximum atomic E-state index is 12.3. The van der Waals surface area contributed by atoms with Gasteiger partial charge in [0.15, 0.2) is 5.78 Å². The molecule has 2 rings (SSSR count). The third-order valence-electron chi connectivity index (χ3n) is 5.49. The SMILES string of the molecule is C=C(C)[C@@H]1C[C@@]2(C)C(=CC1=O)CC[C@@H](OC(=O)/C=C\OC)[C@@H]2C. The minimum atomic E-state index is -0.386. The first kappa shape index (κ1) is 17.5. The van der Waals surface area contributed by atoms with Crippen molar-refractivity contribution in [3.63, 3.8) is 0 Å². The summed E-state index contributed by atoms with van der Waals surface area (Å²) in [5.74, 6) is -0.204. The van der Waals surface area contributed by atoms with Gasteiger partial charge in [-0.2, -0.15) is 0 Å². The zero-order valence-electron chi connectivity index (χ0n) is 14.4. The maximum Gasteiger partial charge on any atom is 0.334 e. The quantitative estimate of drug-likeness (QED) is 0.344. The lowest BCUT2D eigenvalue weighted by molar-refractivity contribution is -0.150. The van der Waals surface area contributed by atoms with Gasteiger partial charge in [0, 0.05) is 11.8 Å². The molecule has 4 heteroatoms. The average Bonchev–Trinajstić information content (AvgIpc) is 2.49. The number of methoxy groups -OCH3 is 1. The Labute approximate surface area is 138 Å². The molecule has 0 amide bonds. The van der Waals surface area contributed by atoms with E-state index in [2.05, 4.69) is 20.4 Å². The lowest BCUT2D eigenvalue weighted by Gasteiger charge is -2.49. The van der Waals surface area contributed by atoms with Gasteiger partial charge in [0.2, 0.25) is 0 Å². The molecule has 0 saturated heterocycles. The number of ketones is 1. The van der Waals surface area contributed by atoms with E-state index in [-0.39, 0.29) is 35.1 Å². The summed E-state index contributed by atoms with van der Waals surface area (Å²) in [7, 11) is 1.49. The molecule has 0 heterocycles. The number of hydrogen-bond acceptors (Lipinski definition) is 4. The molecule has 0 N–H and O–H groups in total. The van der Waals surface area contributed by atoms with Crippen molar-refractivity contribution >= 4 is 11.8 Å². The summed E-state index contributed by atoms with van der Waals surface area (Å²) in [4.78, 5) is 24.1. The first-order valence-electron chi connectivity index (χ1n) is 8.10. The highest BCUT2D eigenvalue weighted by molar-refractivity contribution is 5.95. The number of hydrogen-bond donors (Lipinski definition) is 0. The Morgan fingerprint density at radius 3 is 2.78 bits per heavy atom. The van der Waals surface area contributed by atoms with E-state index in [1.165, 1.54) is 25.0 Å². The molecule has 0 bridgehead atoms. The normalized spacial score (nSPS) is 33.8. The molecule has 2 aliphatic rings. The Morgan fingerprint density at radius 1 is 1.48 bits per heavy atom. The van der Waals surface area contributed by atoms with E-state index in [1.54, 1.807) is 0 Å². The van der Waals surface area contributed by atoms with Gasteiger partial charge in [-0.1, -0.05) is 31.6 Å². The summed E-state index contributed by atoms with van der Waals surface area (Å²) in [6, 6.07) is 0. The van der Waals surface area contributed by atoms with Crippen LogP contribution < -0.4 is 0 Å². The van der Waals surface area contributed by atoms with Crippen LogP contribution in [0.2, 0.25) is 0 Å². The molecule has 0 aliphatic heterocycles. The van der Waals surface area contributed by atoms with Crippen molar-refractivity contribution in [1.29, 1.82) is 0 Å². The van der Waals surface area contributed by atoms with Crippen LogP contribution in [0.1, 0.15) is 40.0 Å². The fourth-order valence-corrected chi connectivity index (χ4v) is 3.78. The summed E-state index contributed by atoms with van der Waals surface area (Å²) in [6.45, 7) is 10.2.